The highest BCUT2D eigenvalue weighted by Gasteiger charge is 2.18. The summed E-state index contributed by atoms with van der Waals surface area (Å²) in [6.07, 6.45) is 2.94. The van der Waals surface area contributed by atoms with E-state index in [1.807, 2.05) is 0 Å². The maximum atomic E-state index is 13.1. The SMILES string of the molecule is COCCNC(=O)CCN(Cc1ccc(F)cc1)C(=O)c1ccoc1. The molecule has 0 unspecified atom stereocenters. The summed E-state index contributed by atoms with van der Waals surface area (Å²) in [4.78, 5) is 26.0. The number of hydrogen-bond donors (Lipinski definition) is 1. The van der Waals surface area contributed by atoms with Gasteiger partial charge in [-0.25, -0.2) is 4.39 Å². The Kier molecular flexibility index (Phi) is 7.16. The molecule has 0 aliphatic heterocycles. The fraction of sp³-hybridized carbons (Fsp3) is 0.333. The van der Waals surface area contributed by atoms with Crippen LogP contribution in [0.25, 0.3) is 0 Å². The third-order valence-corrected chi connectivity index (χ3v) is 3.58. The van der Waals surface area contributed by atoms with E-state index in [2.05, 4.69) is 5.32 Å². The quantitative estimate of drug-likeness (QED) is 0.705. The second-order valence-corrected chi connectivity index (χ2v) is 5.46. The zero-order valence-electron chi connectivity index (χ0n) is 14.0. The molecule has 2 aromatic rings. The van der Waals surface area contributed by atoms with Gasteiger partial charge >= 0.3 is 0 Å². The van der Waals surface area contributed by atoms with E-state index in [0.717, 1.165) is 5.56 Å². The van der Waals surface area contributed by atoms with Gasteiger partial charge in [0.1, 0.15) is 12.1 Å². The number of rotatable bonds is 9. The summed E-state index contributed by atoms with van der Waals surface area (Å²) in [6.45, 7) is 1.36. The average molecular weight is 348 g/mol. The molecular formula is C18H21FN2O4. The molecule has 0 fully saturated rings. The molecule has 1 aromatic carbocycles. The molecule has 7 heteroatoms. The Hall–Kier alpha value is -2.67. The summed E-state index contributed by atoms with van der Waals surface area (Å²) in [5.41, 5.74) is 1.18. The van der Waals surface area contributed by atoms with Gasteiger partial charge in [-0.15, -0.1) is 0 Å². The number of halogens is 1. The first kappa shape index (κ1) is 18.7. The Morgan fingerprint density at radius 1 is 1.24 bits per heavy atom. The second-order valence-electron chi connectivity index (χ2n) is 5.46. The molecule has 0 radical (unpaired) electrons. The lowest BCUT2D eigenvalue weighted by Gasteiger charge is -2.22. The lowest BCUT2D eigenvalue weighted by Crippen LogP contribution is -2.35. The van der Waals surface area contributed by atoms with E-state index in [-0.39, 0.29) is 37.1 Å². The molecule has 0 bridgehead atoms. The number of hydrogen-bond acceptors (Lipinski definition) is 4. The van der Waals surface area contributed by atoms with Crippen molar-refractivity contribution in [1.29, 1.82) is 0 Å². The fourth-order valence-corrected chi connectivity index (χ4v) is 2.25. The normalized spacial score (nSPS) is 10.5. The number of carbonyl (C=O) groups is 2. The van der Waals surface area contributed by atoms with Crippen molar-refractivity contribution in [2.24, 2.45) is 0 Å². The third-order valence-electron chi connectivity index (χ3n) is 3.58. The van der Waals surface area contributed by atoms with Gasteiger partial charge in [-0.2, -0.15) is 0 Å². The van der Waals surface area contributed by atoms with Crippen LogP contribution in [-0.2, 0) is 16.1 Å². The molecule has 1 N–H and O–H groups in total. The number of nitrogens with one attached hydrogen (secondary N) is 1. The summed E-state index contributed by atoms with van der Waals surface area (Å²) in [6, 6.07) is 7.48. The van der Waals surface area contributed by atoms with Crippen LogP contribution in [0.1, 0.15) is 22.3 Å². The van der Waals surface area contributed by atoms with Gasteiger partial charge in [0.2, 0.25) is 5.91 Å². The van der Waals surface area contributed by atoms with Gasteiger partial charge in [0.25, 0.3) is 5.91 Å². The Labute approximate surface area is 145 Å². The predicted molar refractivity (Wildman–Crippen MR) is 89.4 cm³/mol. The topological polar surface area (TPSA) is 71.8 Å². The van der Waals surface area contributed by atoms with Crippen LogP contribution in [0, 0.1) is 5.82 Å². The highest BCUT2D eigenvalue weighted by atomic mass is 19.1. The summed E-state index contributed by atoms with van der Waals surface area (Å²) in [5, 5.41) is 2.71. The molecule has 25 heavy (non-hydrogen) atoms. The van der Waals surface area contributed by atoms with Gasteiger partial charge in [-0.05, 0) is 23.8 Å². The Bertz CT molecular complexity index is 671. The Morgan fingerprint density at radius 3 is 2.64 bits per heavy atom. The first-order chi connectivity index (χ1) is 12.1. The van der Waals surface area contributed by atoms with Gasteiger partial charge in [-0.3, -0.25) is 9.59 Å². The van der Waals surface area contributed by atoms with Crippen molar-refractivity contribution in [2.45, 2.75) is 13.0 Å². The largest absolute Gasteiger partial charge is 0.472 e. The number of benzene rings is 1. The molecular weight excluding hydrogens is 327 g/mol. The van der Waals surface area contributed by atoms with Crippen molar-refractivity contribution in [3.63, 3.8) is 0 Å². The zero-order chi connectivity index (χ0) is 18.1. The van der Waals surface area contributed by atoms with Crippen molar-refractivity contribution in [2.75, 3.05) is 26.8 Å². The monoisotopic (exact) mass is 348 g/mol. The maximum absolute atomic E-state index is 13.1. The highest BCUT2D eigenvalue weighted by Crippen LogP contribution is 2.12. The van der Waals surface area contributed by atoms with Crippen LogP contribution in [0.3, 0.4) is 0 Å². The molecule has 0 aliphatic carbocycles. The molecule has 0 saturated carbocycles. The number of ether oxygens (including phenoxy) is 1. The van der Waals surface area contributed by atoms with Gasteiger partial charge in [0, 0.05) is 33.2 Å². The summed E-state index contributed by atoms with van der Waals surface area (Å²) in [5.74, 6) is -0.752. The van der Waals surface area contributed by atoms with Crippen LogP contribution in [-0.4, -0.2) is 43.5 Å². The van der Waals surface area contributed by atoms with E-state index in [4.69, 9.17) is 9.15 Å². The summed E-state index contributed by atoms with van der Waals surface area (Å²) >= 11 is 0. The van der Waals surface area contributed by atoms with E-state index in [1.54, 1.807) is 25.3 Å². The third kappa shape index (κ3) is 6.04. The summed E-state index contributed by atoms with van der Waals surface area (Å²) < 4.78 is 22.9. The first-order valence-corrected chi connectivity index (χ1v) is 7.91. The van der Waals surface area contributed by atoms with Gasteiger partial charge < -0.3 is 19.4 Å². The maximum Gasteiger partial charge on any atom is 0.257 e. The number of furan rings is 1. The van der Waals surface area contributed by atoms with E-state index >= 15 is 0 Å². The average Bonchev–Trinajstić information content (AvgIpc) is 3.14. The minimum atomic E-state index is -0.339. The van der Waals surface area contributed by atoms with E-state index < -0.39 is 0 Å². The smallest absolute Gasteiger partial charge is 0.257 e. The predicted octanol–water partition coefficient (Wildman–Crippen LogP) is 2.21. The number of amides is 2. The lowest BCUT2D eigenvalue weighted by molar-refractivity contribution is -0.121. The van der Waals surface area contributed by atoms with Crippen LogP contribution >= 0.6 is 0 Å². The Morgan fingerprint density at radius 2 is 2.00 bits per heavy atom. The van der Waals surface area contributed by atoms with E-state index in [1.165, 1.54) is 29.6 Å². The zero-order valence-corrected chi connectivity index (χ0v) is 14.0. The molecule has 134 valence electrons. The molecule has 0 aliphatic rings. The van der Waals surface area contributed by atoms with Crippen molar-refractivity contribution in [3.05, 3.63) is 59.8 Å². The van der Waals surface area contributed by atoms with Crippen LogP contribution in [0.5, 0.6) is 0 Å². The summed E-state index contributed by atoms with van der Waals surface area (Å²) in [7, 11) is 1.56. The molecule has 0 atom stereocenters. The molecule has 0 saturated heterocycles. The minimum absolute atomic E-state index is 0.161. The van der Waals surface area contributed by atoms with Gasteiger partial charge in [-0.1, -0.05) is 12.1 Å². The standard InChI is InChI=1S/C18H21FN2O4/c1-24-11-8-20-17(22)6-9-21(18(23)15-7-10-25-13-15)12-14-2-4-16(19)5-3-14/h2-5,7,10,13H,6,8-9,11-12H2,1H3,(H,20,22). The van der Waals surface area contributed by atoms with Gasteiger partial charge in [0.05, 0.1) is 18.4 Å². The molecule has 1 heterocycles. The van der Waals surface area contributed by atoms with Gasteiger partial charge in [0.15, 0.2) is 0 Å². The first-order valence-electron chi connectivity index (χ1n) is 7.91. The molecule has 6 nitrogen and oxygen atoms in total. The van der Waals surface area contributed by atoms with Crippen LogP contribution in [0.2, 0.25) is 0 Å². The number of carbonyl (C=O) groups excluding carboxylic acids is 2. The van der Waals surface area contributed by atoms with Crippen molar-refractivity contribution in [3.8, 4) is 0 Å². The van der Waals surface area contributed by atoms with E-state index in [0.29, 0.717) is 18.7 Å². The van der Waals surface area contributed by atoms with Crippen molar-refractivity contribution >= 4 is 11.8 Å². The number of nitrogens with zero attached hydrogens (tertiary/aromatic N) is 1. The molecule has 0 spiro atoms. The molecule has 1 aromatic heterocycles. The van der Waals surface area contributed by atoms with E-state index in [9.17, 15) is 14.0 Å². The number of methoxy groups -OCH3 is 1. The van der Waals surface area contributed by atoms with Crippen LogP contribution < -0.4 is 5.32 Å². The van der Waals surface area contributed by atoms with Crippen LogP contribution in [0.15, 0.2) is 47.3 Å². The molecule has 2 amide bonds. The molecule has 2 rings (SSSR count). The fourth-order valence-electron chi connectivity index (χ4n) is 2.25. The lowest BCUT2D eigenvalue weighted by atomic mass is 10.2. The van der Waals surface area contributed by atoms with Crippen LogP contribution in [0.4, 0.5) is 4.39 Å². The highest BCUT2D eigenvalue weighted by molar-refractivity contribution is 5.94. The second kappa shape index (κ2) is 9.58. The Balaban J connectivity index is 2.00. The minimum Gasteiger partial charge on any atom is -0.472 e. The van der Waals surface area contributed by atoms with Crippen molar-refractivity contribution < 1.29 is 23.1 Å². The van der Waals surface area contributed by atoms with Crippen molar-refractivity contribution in [1.82, 2.24) is 10.2 Å².